The monoisotopic (exact) mass is 185 g/mol. The molecule has 0 heterocycles. The number of hydrogen-bond donors (Lipinski definition) is 1. The summed E-state index contributed by atoms with van der Waals surface area (Å²) in [6, 6.07) is 5.84. The lowest BCUT2D eigenvalue weighted by Gasteiger charge is -2.05. The second-order valence-corrected chi connectivity index (χ2v) is 2.59. The van der Waals surface area contributed by atoms with Gasteiger partial charge in [0.1, 0.15) is 0 Å². The van der Waals surface area contributed by atoms with Crippen molar-refractivity contribution in [2.75, 3.05) is 12.4 Å². The summed E-state index contributed by atoms with van der Waals surface area (Å²) < 4.78 is 0. The summed E-state index contributed by atoms with van der Waals surface area (Å²) in [6.07, 6.45) is 0. The van der Waals surface area contributed by atoms with Crippen molar-refractivity contribution in [2.24, 2.45) is 0 Å². The highest BCUT2D eigenvalue weighted by Crippen LogP contribution is 2.23. The largest absolute Gasteiger partial charge is 0.387 e. The van der Waals surface area contributed by atoms with Crippen LogP contribution >= 0.6 is 11.6 Å². The van der Waals surface area contributed by atoms with Crippen LogP contribution in [0, 0.1) is 6.92 Å². The van der Waals surface area contributed by atoms with Crippen molar-refractivity contribution in [1.82, 2.24) is 0 Å². The van der Waals surface area contributed by atoms with Gasteiger partial charge in [0.2, 0.25) is 0 Å². The average Bonchev–Trinajstić information content (AvgIpc) is 2.08. The molecule has 0 saturated heterocycles. The van der Waals surface area contributed by atoms with Crippen LogP contribution in [-0.2, 0) is 0 Å². The zero-order valence-electron chi connectivity index (χ0n) is 8.11. The fraction of sp³-hybridized carbons (Fsp3) is 0.400. The number of halogens is 1. The number of hydrogen-bond acceptors (Lipinski definition) is 1. The van der Waals surface area contributed by atoms with E-state index in [2.05, 4.69) is 5.32 Å². The summed E-state index contributed by atoms with van der Waals surface area (Å²) in [5, 5.41) is 3.81. The molecule has 1 aromatic carbocycles. The van der Waals surface area contributed by atoms with E-state index in [1.807, 2.05) is 46.0 Å². The molecule has 0 aliphatic rings. The maximum absolute atomic E-state index is 5.87. The second-order valence-electron chi connectivity index (χ2n) is 2.18. The first-order chi connectivity index (χ1) is 5.75. The Bertz CT molecular complexity index is 213. The molecule has 1 N–H and O–H groups in total. The van der Waals surface area contributed by atoms with Gasteiger partial charge >= 0.3 is 0 Å². The quantitative estimate of drug-likeness (QED) is 0.704. The number of rotatable bonds is 1. The second kappa shape index (κ2) is 5.90. The van der Waals surface area contributed by atoms with Crippen LogP contribution in [-0.4, -0.2) is 7.05 Å². The Morgan fingerprint density at radius 1 is 1.25 bits per heavy atom. The Hall–Kier alpha value is -0.690. The van der Waals surface area contributed by atoms with Gasteiger partial charge in [-0.3, -0.25) is 0 Å². The third-order valence-electron chi connectivity index (χ3n) is 1.47. The summed E-state index contributed by atoms with van der Waals surface area (Å²) in [4.78, 5) is 0. The molecule has 2 heteroatoms. The van der Waals surface area contributed by atoms with Crippen LogP contribution < -0.4 is 5.32 Å². The Morgan fingerprint density at radius 3 is 2.17 bits per heavy atom. The van der Waals surface area contributed by atoms with Gasteiger partial charge in [-0.1, -0.05) is 37.6 Å². The molecule has 0 aliphatic heterocycles. The van der Waals surface area contributed by atoms with Crippen molar-refractivity contribution >= 4 is 17.3 Å². The zero-order chi connectivity index (χ0) is 9.56. The molecule has 0 amide bonds. The molecule has 1 aromatic rings. The summed E-state index contributed by atoms with van der Waals surface area (Å²) >= 11 is 5.87. The molecular weight excluding hydrogens is 170 g/mol. The first-order valence-electron chi connectivity index (χ1n) is 4.18. The third kappa shape index (κ3) is 2.74. The van der Waals surface area contributed by atoms with Gasteiger partial charge in [0.05, 0.1) is 10.7 Å². The highest BCUT2D eigenvalue weighted by Gasteiger charge is 1.98. The number of anilines is 1. The van der Waals surface area contributed by atoms with E-state index in [9.17, 15) is 0 Å². The van der Waals surface area contributed by atoms with Gasteiger partial charge in [-0.25, -0.2) is 0 Å². The van der Waals surface area contributed by atoms with Gasteiger partial charge in [-0.05, 0) is 18.6 Å². The van der Waals surface area contributed by atoms with Crippen molar-refractivity contribution < 1.29 is 0 Å². The van der Waals surface area contributed by atoms with Gasteiger partial charge in [0, 0.05) is 7.05 Å². The third-order valence-corrected chi connectivity index (χ3v) is 1.79. The smallest absolute Gasteiger partial charge is 0.0640 e. The first-order valence-corrected chi connectivity index (χ1v) is 4.56. The maximum atomic E-state index is 5.87. The van der Waals surface area contributed by atoms with E-state index in [0.29, 0.717) is 0 Å². The van der Waals surface area contributed by atoms with Crippen molar-refractivity contribution in [3.05, 3.63) is 28.8 Å². The van der Waals surface area contributed by atoms with Gasteiger partial charge in [-0.2, -0.15) is 0 Å². The van der Waals surface area contributed by atoms with E-state index in [-0.39, 0.29) is 0 Å². The first kappa shape index (κ1) is 11.3. The highest BCUT2D eigenvalue weighted by atomic mass is 35.5. The predicted octanol–water partition coefficient (Wildman–Crippen LogP) is 3.72. The van der Waals surface area contributed by atoms with Gasteiger partial charge in [-0.15, -0.1) is 0 Å². The summed E-state index contributed by atoms with van der Waals surface area (Å²) in [5.41, 5.74) is 2.19. The minimum Gasteiger partial charge on any atom is -0.387 e. The van der Waals surface area contributed by atoms with Crippen molar-refractivity contribution in [1.29, 1.82) is 0 Å². The van der Waals surface area contributed by atoms with Crippen LogP contribution in [0.5, 0.6) is 0 Å². The van der Waals surface area contributed by atoms with Crippen LogP contribution in [0.25, 0.3) is 0 Å². The number of benzene rings is 1. The molecule has 0 atom stereocenters. The lowest BCUT2D eigenvalue weighted by Crippen LogP contribution is -1.91. The molecule has 1 rings (SSSR count). The van der Waals surface area contributed by atoms with E-state index in [1.165, 1.54) is 5.56 Å². The topological polar surface area (TPSA) is 12.0 Å². The maximum Gasteiger partial charge on any atom is 0.0640 e. The Kier molecular flexibility index (Phi) is 5.56. The van der Waals surface area contributed by atoms with E-state index >= 15 is 0 Å². The van der Waals surface area contributed by atoms with Gasteiger partial charge in [0.25, 0.3) is 0 Å². The summed E-state index contributed by atoms with van der Waals surface area (Å²) in [7, 11) is 1.87. The van der Waals surface area contributed by atoms with E-state index in [4.69, 9.17) is 11.6 Å². The fourth-order valence-electron chi connectivity index (χ4n) is 0.949. The predicted molar refractivity (Wildman–Crippen MR) is 57.1 cm³/mol. The van der Waals surface area contributed by atoms with Gasteiger partial charge in [0.15, 0.2) is 0 Å². The summed E-state index contributed by atoms with van der Waals surface area (Å²) in [6.45, 7) is 6.03. The van der Waals surface area contributed by atoms with E-state index < -0.39 is 0 Å². The number of para-hydroxylation sites is 1. The SMILES string of the molecule is CC.CNc1c(C)cccc1Cl. The molecular formula is C10H16ClN. The summed E-state index contributed by atoms with van der Waals surface area (Å²) in [5.74, 6) is 0. The molecule has 0 bridgehead atoms. The minimum atomic E-state index is 0.780. The van der Waals surface area contributed by atoms with Gasteiger partial charge < -0.3 is 5.32 Å². The molecule has 68 valence electrons. The van der Waals surface area contributed by atoms with Crippen molar-refractivity contribution in [2.45, 2.75) is 20.8 Å². The Labute approximate surface area is 79.8 Å². The minimum absolute atomic E-state index is 0.780. The zero-order valence-corrected chi connectivity index (χ0v) is 8.87. The van der Waals surface area contributed by atoms with Crippen LogP contribution in [0.15, 0.2) is 18.2 Å². The van der Waals surface area contributed by atoms with E-state index in [0.717, 1.165) is 10.7 Å². The molecule has 0 aromatic heterocycles. The molecule has 0 radical (unpaired) electrons. The molecule has 0 aliphatic carbocycles. The normalized spacial score (nSPS) is 8.42. The average molecular weight is 186 g/mol. The molecule has 0 fully saturated rings. The lowest BCUT2D eigenvalue weighted by atomic mass is 10.2. The molecule has 0 spiro atoms. The van der Waals surface area contributed by atoms with Crippen LogP contribution in [0.1, 0.15) is 19.4 Å². The van der Waals surface area contributed by atoms with Crippen molar-refractivity contribution in [3.63, 3.8) is 0 Å². The molecule has 12 heavy (non-hydrogen) atoms. The fourth-order valence-corrected chi connectivity index (χ4v) is 1.26. The van der Waals surface area contributed by atoms with Crippen LogP contribution in [0.2, 0.25) is 5.02 Å². The van der Waals surface area contributed by atoms with Crippen molar-refractivity contribution in [3.8, 4) is 0 Å². The Morgan fingerprint density at radius 2 is 1.83 bits per heavy atom. The Balaban J connectivity index is 0.000000561. The molecule has 0 saturated carbocycles. The van der Waals surface area contributed by atoms with Crippen LogP contribution in [0.4, 0.5) is 5.69 Å². The number of aryl methyl sites for hydroxylation is 1. The molecule has 0 unspecified atom stereocenters. The molecule has 1 nitrogen and oxygen atoms in total. The number of nitrogens with one attached hydrogen (secondary N) is 1. The standard InChI is InChI=1S/C8H10ClN.C2H6/c1-6-4-3-5-7(9)8(6)10-2;1-2/h3-5,10H,1-2H3;1-2H3. The highest BCUT2D eigenvalue weighted by molar-refractivity contribution is 6.33. The lowest BCUT2D eigenvalue weighted by molar-refractivity contribution is 1.41. The van der Waals surface area contributed by atoms with Crippen LogP contribution in [0.3, 0.4) is 0 Å². The van der Waals surface area contributed by atoms with E-state index in [1.54, 1.807) is 0 Å².